The van der Waals surface area contributed by atoms with Gasteiger partial charge in [0.1, 0.15) is 11.6 Å². The first-order valence-electron chi connectivity index (χ1n) is 11.5. The summed E-state index contributed by atoms with van der Waals surface area (Å²) in [6.45, 7) is 6.44. The van der Waals surface area contributed by atoms with Crippen LogP contribution in [0.3, 0.4) is 0 Å². The second kappa shape index (κ2) is 12.4. The molecular weight excluding hydrogens is 448 g/mol. The summed E-state index contributed by atoms with van der Waals surface area (Å²) < 4.78 is 7.24. The second-order valence-corrected chi connectivity index (χ2v) is 9.47. The van der Waals surface area contributed by atoms with Crippen molar-refractivity contribution in [2.24, 2.45) is 5.92 Å². The van der Waals surface area contributed by atoms with Crippen molar-refractivity contribution >= 4 is 23.5 Å². The van der Waals surface area contributed by atoms with Crippen LogP contribution in [0.15, 0.2) is 53.7 Å². The first-order chi connectivity index (χ1) is 16.4. The number of thioether (sulfide) groups is 1. The summed E-state index contributed by atoms with van der Waals surface area (Å²) in [6, 6.07) is 15.5. The maximum Gasteiger partial charge on any atom is 0.216 e. The van der Waals surface area contributed by atoms with Gasteiger partial charge in [0, 0.05) is 31.1 Å². The van der Waals surface area contributed by atoms with Crippen LogP contribution in [-0.2, 0) is 17.6 Å². The van der Waals surface area contributed by atoms with Crippen LogP contribution >= 0.6 is 11.8 Å². The zero-order valence-electron chi connectivity index (χ0n) is 20.2. The molecule has 34 heavy (non-hydrogen) atoms. The molecule has 1 aromatic heterocycles. The number of aromatic nitrogens is 3. The molecule has 0 saturated carbocycles. The average molecular weight is 481 g/mol. The Morgan fingerprint density at radius 1 is 1.06 bits per heavy atom. The van der Waals surface area contributed by atoms with Gasteiger partial charge in [-0.25, -0.2) is 0 Å². The fraction of sp³-hybridized carbons (Fsp3) is 0.385. The summed E-state index contributed by atoms with van der Waals surface area (Å²) in [6.07, 6.45) is 2.38. The van der Waals surface area contributed by atoms with E-state index in [9.17, 15) is 9.59 Å². The SMILES string of the molecule is COc1ccc(-n2c(CCCNC(C)=O)nnc2SCC(=O)c2ccc(CC(C)C)cc2)cc1. The molecule has 0 fully saturated rings. The van der Waals surface area contributed by atoms with Crippen molar-refractivity contribution in [1.82, 2.24) is 20.1 Å². The number of rotatable bonds is 12. The van der Waals surface area contributed by atoms with Gasteiger partial charge >= 0.3 is 0 Å². The maximum absolute atomic E-state index is 12.8. The number of carbonyl (C=O) groups excluding carboxylic acids is 2. The maximum atomic E-state index is 12.8. The molecule has 3 rings (SSSR count). The summed E-state index contributed by atoms with van der Waals surface area (Å²) in [5, 5.41) is 12.2. The molecule has 0 unspecified atom stereocenters. The zero-order chi connectivity index (χ0) is 24.5. The smallest absolute Gasteiger partial charge is 0.216 e. The van der Waals surface area contributed by atoms with Gasteiger partial charge in [0.05, 0.1) is 12.9 Å². The third-order valence-corrected chi connectivity index (χ3v) is 6.16. The van der Waals surface area contributed by atoms with Crippen LogP contribution in [0.1, 0.15) is 48.9 Å². The number of ketones is 1. The molecular formula is C26H32N4O3S. The summed E-state index contributed by atoms with van der Waals surface area (Å²) in [5.74, 6) is 2.39. The first kappa shape index (κ1) is 25.5. The number of benzene rings is 2. The Kier molecular flexibility index (Phi) is 9.27. The first-order valence-corrected chi connectivity index (χ1v) is 12.4. The molecule has 2 aromatic carbocycles. The predicted octanol–water partition coefficient (Wildman–Crippen LogP) is 4.52. The number of methoxy groups -OCH3 is 1. The van der Waals surface area contributed by atoms with E-state index in [0.717, 1.165) is 30.1 Å². The van der Waals surface area contributed by atoms with Gasteiger partial charge in [0.25, 0.3) is 0 Å². The largest absolute Gasteiger partial charge is 0.497 e. The summed E-state index contributed by atoms with van der Waals surface area (Å²) in [4.78, 5) is 24.0. The van der Waals surface area contributed by atoms with Crippen LogP contribution in [0.25, 0.3) is 5.69 Å². The molecule has 1 N–H and O–H groups in total. The minimum atomic E-state index is -0.0522. The molecule has 7 nitrogen and oxygen atoms in total. The normalized spacial score (nSPS) is 11.0. The highest BCUT2D eigenvalue weighted by Gasteiger charge is 2.17. The van der Waals surface area contributed by atoms with E-state index >= 15 is 0 Å². The highest BCUT2D eigenvalue weighted by Crippen LogP contribution is 2.25. The molecule has 3 aromatic rings. The number of carbonyl (C=O) groups is 2. The Hall–Kier alpha value is -3.13. The Morgan fingerprint density at radius 3 is 2.38 bits per heavy atom. The van der Waals surface area contributed by atoms with Crippen LogP contribution in [-0.4, -0.2) is 45.9 Å². The Balaban J connectivity index is 1.74. The predicted molar refractivity (Wildman–Crippen MR) is 135 cm³/mol. The van der Waals surface area contributed by atoms with E-state index in [4.69, 9.17) is 4.74 Å². The third-order valence-electron chi connectivity index (χ3n) is 5.23. The number of hydrogen-bond acceptors (Lipinski definition) is 6. The van der Waals surface area contributed by atoms with E-state index in [2.05, 4.69) is 29.4 Å². The molecule has 0 aliphatic carbocycles. The van der Waals surface area contributed by atoms with Gasteiger partial charge in [-0.05, 0) is 48.6 Å². The van der Waals surface area contributed by atoms with Gasteiger partial charge in [-0.15, -0.1) is 10.2 Å². The van der Waals surface area contributed by atoms with Gasteiger partial charge in [-0.2, -0.15) is 0 Å². The van der Waals surface area contributed by atoms with Crippen molar-refractivity contribution in [3.63, 3.8) is 0 Å². The lowest BCUT2D eigenvalue weighted by Gasteiger charge is -2.11. The molecule has 0 saturated heterocycles. The van der Waals surface area contributed by atoms with Gasteiger partial charge in [0.2, 0.25) is 5.91 Å². The van der Waals surface area contributed by atoms with Crippen molar-refractivity contribution in [1.29, 1.82) is 0 Å². The van der Waals surface area contributed by atoms with Crippen molar-refractivity contribution < 1.29 is 14.3 Å². The van der Waals surface area contributed by atoms with E-state index < -0.39 is 0 Å². The minimum absolute atomic E-state index is 0.0522. The fourth-order valence-corrected chi connectivity index (χ4v) is 4.43. The standard InChI is InChI=1S/C26H32N4O3S/c1-18(2)16-20-7-9-21(10-8-20)24(32)17-34-26-29-28-25(6-5-15-27-19(3)31)30(26)22-11-13-23(33-4)14-12-22/h7-14,18H,5-6,15-17H2,1-4H3,(H,27,31). The van der Waals surface area contributed by atoms with E-state index in [1.165, 1.54) is 24.2 Å². The molecule has 0 aliphatic heterocycles. The van der Waals surface area contributed by atoms with Gasteiger partial charge in [-0.3, -0.25) is 14.2 Å². The highest BCUT2D eigenvalue weighted by molar-refractivity contribution is 7.99. The van der Waals surface area contributed by atoms with E-state index in [1.807, 2.05) is 53.1 Å². The number of nitrogens with zero attached hydrogens (tertiary/aromatic N) is 3. The number of hydrogen-bond donors (Lipinski definition) is 1. The van der Waals surface area contributed by atoms with Crippen LogP contribution in [0.2, 0.25) is 0 Å². The van der Waals surface area contributed by atoms with Crippen LogP contribution < -0.4 is 10.1 Å². The minimum Gasteiger partial charge on any atom is -0.497 e. The molecule has 180 valence electrons. The Labute approximate surface area is 205 Å². The van der Waals surface area contributed by atoms with Gasteiger partial charge < -0.3 is 10.1 Å². The zero-order valence-corrected chi connectivity index (χ0v) is 21.0. The topological polar surface area (TPSA) is 86.1 Å². The third kappa shape index (κ3) is 7.18. The van der Waals surface area contributed by atoms with Crippen molar-refractivity contribution in [3.8, 4) is 11.4 Å². The lowest BCUT2D eigenvalue weighted by atomic mass is 10.0. The number of Topliss-reactive ketones (excluding diaryl/α,β-unsaturated/α-hetero) is 1. The monoisotopic (exact) mass is 480 g/mol. The van der Waals surface area contributed by atoms with E-state index in [0.29, 0.717) is 29.6 Å². The van der Waals surface area contributed by atoms with Gasteiger partial charge in [0.15, 0.2) is 10.9 Å². The van der Waals surface area contributed by atoms with Crippen molar-refractivity contribution in [2.45, 2.75) is 45.2 Å². The fourth-order valence-electron chi connectivity index (χ4n) is 3.57. The van der Waals surface area contributed by atoms with Crippen LogP contribution in [0.5, 0.6) is 5.75 Å². The number of aryl methyl sites for hydroxylation is 1. The van der Waals surface area contributed by atoms with Crippen molar-refractivity contribution in [2.75, 3.05) is 19.4 Å². The lowest BCUT2D eigenvalue weighted by Crippen LogP contribution is -2.21. The number of amides is 1. The molecule has 0 aliphatic rings. The van der Waals surface area contributed by atoms with Gasteiger partial charge in [-0.1, -0.05) is 49.9 Å². The van der Waals surface area contributed by atoms with Crippen LogP contribution in [0, 0.1) is 5.92 Å². The summed E-state index contributed by atoms with van der Waals surface area (Å²) in [7, 11) is 1.63. The Morgan fingerprint density at radius 2 is 1.76 bits per heavy atom. The number of nitrogens with one attached hydrogen (secondary N) is 1. The lowest BCUT2D eigenvalue weighted by molar-refractivity contribution is -0.118. The van der Waals surface area contributed by atoms with Crippen molar-refractivity contribution in [3.05, 3.63) is 65.5 Å². The second-order valence-electron chi connectivity index (χ2n) is 8.53. The average Bonchev–Trinajstić information content (AvgIpc) is 3.23. The summed E-state index contributed by atoms with van der Waals surface area (Å²) in [5.41, 5.74) is 2.83. The molecule has 1 heterocycles. The van der Waals surface area contributed by atoms with E-state index in [1.54, 1.807) is 7.11 Å². The highest BCUT2D eigenvalue weighted by atomic mass is 32.2. The number of ether oxygens (including phenoxy) is 1. The van der Waals surface area contributed by atoms with Crippen LogP contribution in [0.4, 0.5) is 0 Å². The molecule has 8 heteroatoms. The molecule has 0 radical (unpaired) electrons. The van der Waals surface area contributed by atoms with E-state index in [-0.39, 0.29) is 17.4 Å². The molecule has 0 atom stereocenters. The molecule has 0 bridgehead atoms. The Bertz CT molecular complexity index is 1090. The molecule has 1 amide bonds. The molecule has 0 spiro atoms. The summed E-state index contributed by atoms with van der Waals surface area (Å²) >= 11 is 1.37. The quantitative estimate of drug-likeness (QED) is 0.233.